The van der Waals surface area contributed by atoms with Gasteiger partial charge in [-0.15, -0.1) is 0 Å². The van der Waals surface area contributed by atoms with E-state index in [0.717, 1.165) is 31.8 Å². The molecule has 35 heavy (non-hydrogen) atoms. The molecule has 0 atom stereocenters. The first kappa shape index (κ1) is 26.8. The highest BCUT2D eigenvalue weighted by Crippen LogP contribution is 2.49. The maximum absolute atomic E-state index is 5.64. The average molecular weight is 484 g/mol. The summed E-state index contributed by atoms with van der Waals surface area (Å²) in [5.41, 5.74) is 5.23. The Balaban J connectivity index is 1.50. The van der Waals surface area contributed by atoms with Crippen LogP contribution in [0, 0.1) is 5.41 Å². The standard InChI is InChI=1S/C31H53N3O/c1-5-8-9-18-32-21-23-34(24-22-32)30-11-10-27(33-19-14-28(35-4)15-20-33)25-29(30)26-12-16-31(6-2,7-3)17-13-26/h10-11,25-26,28H,5-9,12-24H2,1-4H3. The molecular formula is C31H53N3O. The van der Waals surface area contributed by atoms with Crippen molar-refractivity contribution in [2.75, 3.05) is 62.7 Å². The summed E-state index contributed by atoms with van der Waals surface area (Å²) >= 11 is 0. The Morgan fingerprint density at radius 2 is 1.51 bits per heavy atom. The molecule has 4 heteroatoms. The number of piperazine rings is 1. The molecule has 2 saturated heterocycles. The number of rotatable bonds is 10. The van der Waals surface area contributed by atoms with Gasteiger partial charge in [-0.25, -0.2) is 0 Å². The molecule has 0 bridgehead atoms. The zero-order valence-corrected chi connectivity index (χ0v) is 23.4. The number of anilines is 2. The smallest absolute Gasteiger partial charge is 0.0605 e. The van der Waals surface area contributed by atoms with E-state index in [1.807, 2.05) is 7.11 Å². The van der Waals surface area contributed by atoms with Crippen molar-refractivity contribution in [3.8, 4) is 0 Å². The monoisotopic (exact) mass is 483 g/mol. The lowest BCUT2D eigenvalue weighted by atomic mass is 9.66. The van der Waals surface area contributed by atoms with Crippen molar-refractivity contribution in [3.63, 3.8) is 0 Å². The lowest BCUT2D eigenvalue weighted by Gasteiger charge is -2.42. The van der Waals surface area contributed by atoms with Crippen molar-refractivity contribution < 1.29 is 4.74 Å². The van der Waals surface area contributed by atoms with Crippen LogP contribution in [0.2, 0.25) is 0 Å². The van der Waals surface area contributed by atoms with E-state index in [2.05, 4.69) is 53.7 Å². The molecule has 0 spiro atoms. The molecular weight excluding hydrogens is 430 g/mol. The second-order valence-electron chi connectivity index (χ2n) is 11.7. The topological polar surface area (TPSA) is 19.0 Å². The third-order valence-electron chi connectivity index (χ3n) is 9.93. The molecule has 198 valence electrons. The molecule has 3 aliphatic rings. The Morgan fingerprint density at radius 1 is 0.829 bits per heavy atom. The van der Waals surface area contributed by atoms with E-state index in [0.29, 0.717) is 11.5 Å². The van der Waals surface area contributed by atoms with Gasteiger partial charge < -0.3 is 14.5 Å². The van der Waals surface area contributed by atoms with Crippen LogP contribution in [0.5, 0.6) is 0 Å². The number of hydrogen-bond donors (Lipinski definition) is 0. The van der Waals surface area contributed by atoms with E-state index in [9.17, 15) is 0 Å². The number of methoxy groups -OCH3 is 1. The van der Waals surface area contributed by atoms with E-state index in [1.165, 1.54) is 96.2 Å². The van der Waals surface area contributed by atoms with Gasteiger partial charge in [0.25, 0.3) is 0 Å². The van der Waals surface area contributed by atoms with Gasteiger partial charge in [0.15, 0.2) is 0 Å². The Hall–Kier alpha value is -1.26. The van der Waals surface area contributed by atoms with Crippen LogP contribution in [0.1, 0.15) is 103 Å². The number of hydrogen-bond acceptors (Lipinski definition) is 4. The first-order valence-corrected chi connectivity index (χ1v) is 15.0. The third-order valence-corrected chi connectivity index (χ3v) is 9.93. The molecule has 1 aliphatic carbocycles. The summed E-state index contributed by atoms with van der Waals surface area (Å²) in [7, 11) is 1.87. The summed E-state index contributed by atoms with van der Waals surface area (Å²) in [5, 5.41) is 0. The number of benzene rings is 1. The highest BCUT2D eigenvalue weighted by Gasteiger charge is 2.34. The van der Waals surface area contributed by atoms with Crippen LogP contribution in [-0.4, -0.2) is 63.9 Å². The van der Waals surface area contributed by atoms with Gasteiger partial charge in [-0.2, -0.15) is 0 Å². The van der Waals surface area contributed by atoms with Gasteiger partial charge in [-0.3, -0.25) is 4.90 Å². The number of ether oxygens (including phenoxy) is 1. The van der Waals surface area contributed by atoms with Crippen LogP contribution >= 0.6 is 0 Å². The molecule has 2 heterocycles. The SMILES string of the molecule is CCCCCN1CCN(c2ccc(N3CCC(OC)CC3)cc2C2CCC(CC)(CC)CC2)CC1. The van der Waals surface area contributed by atoms with Crippen molar-refractivity contribution in [2.24, 2.45) is 5.41 Å². The summed E-state index contributed by atoms with van der Waals surface area (Å²) in [6.45, 7) is 15.4. The van der Waals surface area contributed by atoms with E-state index in [4.69, 9.17) is 4.74 Å². The van der Waals surface area contributed by atoms with Crippen LogP contribution < -0.4 is 9.80 Å². The van der Waals surface area contributed by atoms with Crippen LogP contribution in [-0.2, 0) is 4.74 Å². The Bertz CT molecular complexity index is 750. The van der Waals surface area contributed by atoms with Gasteiger partial charge in [0.05, 0.1) is 6.10 Å². The molecule has 0 amide bonds. The second-order valence-corrected chi connectivity index (χ2v) is 11.7. The predicted molar refractivity (Wildman–Crippen MR) is 151 cm³/mol. The van der Waals surface area contributed by atoms with Gasteiger partial charge in [0.2, 0.25) is 0 Å². The van der Waals surface area contributed by atoms with Crippen LogP contribution in [0.3, 0.4) is 0 Å². The zero-order chi connectivity index (χ0) is 24.7. The minimum Gasteiger partial charge on any atom is -0.381 e. The molecule has 2 aliphatic heterocycles. The van der Waals surface area contributed by atoms with E-state index >= 15 is 0 Å². The van der Waals surface area contributed by atoms with Crippen molar-refractivity contribution >= 4 is 11.4 Å². The maximum Gasteiger partial charge on any atom is 0.0605 e. The lowest BCUT2D eigenvalue weighted by Crippen LogP contribution is -2.47. The molecule has 0 N–H and O–H groups in total. The first-order valence-electron chi connectivity index (χ1n) is 15.0. The molecule has 3 fully saturated rings. The van der Waals surface area contributed by atoms with Gasteiger partial charge in [-0.1, -0.05) is 46.5 Å². The number of nitrogens with zero attached hydrogens (tertiary/aromatic N) is 3. The molecule has 4 rings (SSSR count). The van der Waals surface area contributed by atoms with E-state index < -0.39 is 0 Å². The summed E-state index contributed by atoms with van der Waals surface area (Å²) < 4.78 is 5.64. The predicted octanol–water partition coefficient (Wildman–Crippen LogP) is 7.08. The summed E-state index contributed by atoms with van der Waals surface area (Å²) in [6, 6.07) is 7.51. The number of piperidine rings is 1. The summed E-state index contributed by atoms with van der Waals surface area (Å²) in [4.78, 5) is 8.02. The summed E-state index contributed by atoms with van der Waals surface area (Å²) in [5.74, 6) is 0.718. The van der Waals surface area contributed by atoms with Crippen LogP contribution in [0.4, 0.5) is 11.4 Å². The van der Waals surface area contributed by atoms with Crippen molar-refractivity contribution in [3.05, 3.63) is 23.8 Å². The molecule has 0 aromatic heterocycles. The zero-order valence-electron chi connectivity index (χ0n) is 23.4. The minimum absolute atomic E-state index is 0.438. The van der Waals surface area contributed by atoms with E-state index in [1.54, 1.807) is 11.3 Å². The fraction of sp³-hybridized carbons (Fsp3) is 0.806. The van der Waals surface area contributed by atoms with Gasteiger partial charge in [0.1, 0.15) is 0 Å². The molecule has 4 nitrogen and oxygen atoms in total. The van der Waals surface area contributed by atoms with Crippen molar-refractivity contribution in [1.29, 1.82) is 0 Å². The largest absolute Gasteiger partial charge is 0.381 e. The molecule has 0 radical (unpaired) electrons. The van der Waals surface area contributed by atoms with E-state index in [-0.39, 0.29) is 0 Å². The van der Waals surface area contributed by atoms with Gasteiger partial charge in [-0.05, 0) is 86.6 Å². The van der Waals surface area contributed by atoms with Crippen molar-refractivity contribution in [1.82, 2.24) is 4.90 Å². The highest BCUT2D eigenvalue weighted by molar-refractivity contribution is 5.63. The second kappa shape index (κ2) is 12.8. The number of unbranched alkanes of at least 4 members (excludes halogenated alkanes) is 2. The molecule has 1 aromatic carbocycles. The molecule has 1 saturated carbocycles. The Labute approximate surface area is 216 Å². The summed E-state index contributed by atoms with van der Waals surface area (Å²) in [6.07, 6.45) is 15.0. The Kier molecular flexibility index (Phi) is 9.81. The normalized spacial score (nSPS) is 22.6. The molecule has 0 unspecified atom stereocenters. The third kappa shape index (κ3) is 6.55. The highest BCUT2D eigenvalue weighted by atomic mass is 16.5. The quantitative estimate of drug-likeness (QED) is 0.331. The molecule has 1 aromatic rings. The average Bonchev–Trinajstić information content (AvgIpc) is 2.93. The van der Waals surface area contributed by atoms with Crippen LogP contribution in [0.15, 0.2) is 18.2 Å². The van der Waals surface area contributed by atoms with Crippen molar-refractivity contribution in [2.45, 2.75) is 103 Å². The Morgan fingerprint density at radius 3 is 2.11 bits per heavy atom. The van der Waals surface area contributed by atoms with Gasteiger partial charge in [0, 0.05) is 57.8 Å². The minimum atomic E-state index is 0.438. The fourth-order valence-corrected chi connectivity index (χ4v) is 7.00. The maximum atomic E-state index is 5.64. The van der Waals surface area contributed by atoms with Gasteiger partial charge >= 0.3 is 0 Å². The first-order chi connectivity index (χ1) is 17.1. The lowest BCUT2D eigenvalue weighted by molar-refractivity contribution is 0.0819. The van der Waals surface area contributed by atoms with Crippen LogP contribution in [0.25, 0.3) is 0 Å². The fourth-order valence-electron chi connectivity index (χ4n) is 7.00.